The molecule has 1 N–H and O–H groups in total. The van der Waals surface area contributed by atoms with Gasteiger partial charge in [-0.1, -0.05) is 48.5 Å². The molecule has 1 aliphatic heterocycles. The predicted octanol–water partition coefficient (Wildman–Crippen LogP) is 3.89. The van der Waals surface area contributed by atoms with E-state index in [2.05, 4.69) is 10.3 Å². The molecule has 3 aromatic rings. The Hall–Kier alpha value is -3.19. The normalized spacial score (nSPS) is 15.1. The second-order valence-corrected chi connectivity index (χ2v) is 7.76. The number of fused-ring (bicyclic) bond motifs is 1. The minimum atomic E-state index is -0.595. The molecule has 0 aliphatic carbocycles. The van der Waals surface area contributed by atoms with Crippen molar-refractivity contribution in [3.05, 3.63) is 76.8 Å². The molecule has 1 amide bonds. The van der Waals surface area contributed by atoms with Crippen LogP contribution in [0.4, 0.5) is 10.8 Å². The Morgan fingerprint density at radius 1 is 1.17 bits per heavy atom. The molecule has 2 aromatic carbocycles. The van der Waals surface area contributed by atoms with Crippen molar-refractivity contribution in [2.45, 2.75) is 25.9 Å². The highest BCUT2D eigenvalue weighted by Gasteiger charge is 2.31. The van der Waals surface area contributed by atoms with Gasteiger partial charge in [-0.2, -0.15) is 0 Å². The van der Waals surface area contributed by atoms with E-state index in [-0.39, 0.29) is 24.2 Å². The smallest absolute Gasteiger partial charge is 0.358 e. The van der Waals surface area contributed by atoms with Gasteiger partial charge in [0.1, 0.15) is 0 Å². The number of hydrogen-bond acceptors (Lipinski definition) is 6. The number of hydrogen-bond donors (Lipinski definition) is 1. The summed E-state index contributed by atoms with van der Waals surface area (Å²) < 4.78 is 5.23. The van der Waals surface area contributed by atoms with Gasteiger partial charge in [0, 0.05) is 23.7 Å². The summed E-state index contributed by atoms with van der Waals surface area (Å²) in [6.45, 7) is 2.31. The van der Waals surface area contributed by atoms with E-state index in [9.17, 15) is 9.59 Å². The van der Waals surface area contributed by atoms with Crippen LogP contribution < -0.4 is 10.2 Å². The first kappa shape index (κ1) is 19.1. The summed E-state index contributed by atoms with van der Waals surface area (Å²) in [5.41, 5.74) is 3.35. The molecule has 1 aromatic heterocycles. The zero-order valence-corrected chi connectivity index (χ0v) is 16.8. The van der Waals surface area contributed by atoms with Crippen LogP contribution in [0.25, 0.3) is 0 Å². The Morgan fingerprint density at radius 2 is 1.93 bits per heavy atom. The number of anilines is 2. The predicted molar refractivity (Wildman–Crippen MR) is 113 cm³/mol. The molecule has 0 saturated carbocycles. The monoisotopic (exact) mass is 407 g/mol. The summed E-state index contributed by atoms with van der Waals surface area (Å²) in [6, 6.07) is 17.8. The van der Waals surface area contributed by atoms with Crippen molar-refractivity contribution in [3.63, 3.8) is 0 Å². The number of nitrogens with zero attached hydrogens (tertiary/aromatic N) is 2. The molecule has 0 saturated heterocycles. The Labute approximate surface area is 173 Å². The molecular formula is C22H21N3O3S. The number of rotatable bonds is 6. The van der Waals surface area contributed by atoms with E-state index in [1.165, 1.54) is 11.3 Å². The van der Waals surface area contributed by atoms with E-state index >= 15 is 0 Å². The van der Waals surface area contributed by atoms with E-state index in [1.807, 2.05) is 61.5 Å². The Morgan fingerprint density at radius 3 is 2.76 bits per heavy atom. The molecule has 2 heterocycles. The summed E-state index contributed by atoms with van der Waals surface area (Å²) in [4.78, 5) is 30.9. The minimum absolute atomic E-state index is 0.0478. The average Bonchev–Trinajstić information content (AvgIpc) is 3.34. The molecule has 7 heteroatoms. The molecule has 0 fully saturated rings. The largest absolute Gasteiger partial charge is 0.451 e. The maximum atomic E-state index is 12.6. The second-order valence-electron chi connectivity index (χ2n) is 6.90. The number of aromatic nitrogens is 1. The maximum Gasteiger partial charge on any atom is 0.358 e. The Bertz CT molecular complexity index is 1020. The number of amides is 1. The fourth-order valence-corrected chi connectivity index (χ4v) is 4.12. The molecule has 29 heavy (non-hydrogen) atoms. The first-order valence-electron chi connectivity index (χ1n) is 9.42. The summed E-state index contributed by atoms with van der Waals surface area (Å²) >= 11 is 1.33. The second kappa shape index (κ2) is 8.45. The number of para-hydroxylation sites is 1. The molecule has 148 valence electrons. The highest BCUT2D eigenvalue weighted by Crippen LogP contribution is 2.31. The van der Waals surface area contributed by atoms with Crippen molar-refractivity contribution >= 4 is 34.0 Å². The third kappa shape index (κ3) is 4.30. The standard InChI is InChI=1S/C22H21N3O3S/c1-15-11-17-9-5-6-10-19(17)25(15)20(26)13-28-21(27)18-14-29-22(24-18)23-12-16-7-3-2-4-8-16/h2-10,14-15H,11-13H2,1H3,(H,23,24). The van der Waals surface area contributed by atoms with Crippen LogP contribution in [0.2, 0.25) is 0 Å². The Balaban J connectivity index is 1.32. The van der Waals surface area contributed by atoms with Crippen LogP contribution in [0.3, 0.4) is 0 Å². The number of thiazole rings is 1. The fraction of sp³-hybridized carbons (Fsp3) is 0.227. The summed E-state index contributed by atoms with van der Waals surface area (Å²) in [6.07, 6.45) is 0.804. The number of carbonyl (C=O) groups is 2. The number of carbonyl (C=O) groups excluding carboxylic acids is 2. The molecule has 1 unspecified atom stereocenters. The number of benzene rings is 2. The third-order valence-electron chi connectivity index (χ3n) is 4.80. The van der Waals surface area contributed by atoms with Crippen LogP contribution in [-0.4, -0.2) is 29.5 Å². The van der Waals surface area contributed by atoms with E-state index < -0.39 is 5.97 Å². The van der Waals surface area contributed by atoms with Gasteiger partial charge < -0.3 is 15.0 Å². The van der Waals surface area contributed by atoms with Crippen molar-refractivity contribution in [2.24, 2.45) is 0 Å². The van der Waals surface area contributed by atoms with Gasteiger partial charge in [0.15, 0.2) is 17.4 Å². The van der Waals surface area contributed by atoms with E-state index in [0.29, 0.717) is 11.7 Å². The summed E-state index contributed by atoms with van der Waals surface area (Å²) in [5, 5.41) is 5.45. The molecule has 1 aliphatic rings. The molecular weight excluding hydrogens is 386 g/mol. The van der Waals surface area contributed by atoms with Gasteiger partial charge in [0.2, 0.25) is 0 Å². The van der Waals surface area contributed by atoms with Gasteiger partial charge in [-0.05, 0) is 30.5 Å². The van der Waals surface area contributed by atoms with Crippen molar-refractivity contribution < 1.29 is 14.3 Å². The summed E-state index contributed by atoms with van der Waals surface area (Å²) in [7, 11) is 0. The number of nitrogens with one attached hydrogen (secondary N) is 1. The topological polar surface area (TPSA) is 71.5 Å². The van der Waals surface area contributed by atoms with Gasteiger partial charge in [0.05, 0.1) is 0 Å². The average molecular weight is 407 g/mol. The van der Waals surface area contributed by atoms with E-state index in [0.717, 1.165) is 23.2 Å². The van der Waals surface area contributed by atoms with Crippen LogP contribution in [0.15, 0.2) is 60.0 Å². The van der Waals surface area contributed by atoms with Crippen LogP contribution in [-0.2, 0) is 22.5 Å². The Kier molecular flexibility index (Phi) is 5.57. The molecule has 0 spiro atoms. The van der Waals surface area contributed by atoms with Gasteiger partial charge in [-0.3, -0.25) is 4.79 Å². The fourth-order valence-electron chi connectivity index (χ4n) is 3.44. The van der Waals surface area contributed by atoms with Crippen LogP contribution in [0, 0.1) is 0 Å². The highest BCUT2D eigenvalue weighted by molar-refractivity contribution is 7.13. The van der Waals surface area contributed by atoms with E-state index in [4.69, 9.17) is 4.74 Å². The van der Waals surface area contributed by atoms with Crippen molar-refractivity contribution in [1.82, 2.24) is 4.98 Å². The lowest BCUT2D eigenvalue weighted by atomic mass is 10.1. The van der Waals surface area contributed by atoms with Crippen LogP contribution in [0.1, 0.15) is 28.5 Å². The highest BCUT2D eigenvalue weighted by atomic mass is 32.1. The van der Waals surface area contributed by atoms with Crippen molar-refractivity contribution in [1.29, 1.82) is 0 Å². The van der Waals surface area contributed by atoms with Crippen molar-refractivity contribution in [3.8, 4) is 0 Å². The van der Waals surface area contributed by atoms with Gasteiger partial charge in [-0.25, -0.2) is 9.78 Å². The van der Waals surface area contributed by atoms with Gasteiger partial charge in [-0.15, -0.1) is 11.3 Å². The van der Waals surface area contributed by atoms with Crippen LogP contribution >= 0.6 is 11.3 Å². The lowest BCUT2D eigenvalue weighted by Gasteiger charge is -2.22. The lowest BCUT2D eigenvalue weighted by molar-refractivity contribution is -0.122. The zero-order valence-electron chi connectivity index (χ0n) is 16.0. The lowest BCUT2D eigenvalue weighted by Crippen LogP contribution is -2.38. The molecule has 4 rings (SSSR count). The number of esters is 1. The first-order chi connectivity index (χ1) is 14.1. The molecule has 1 atom stereocenters. The van der Waals surface area contributed by atoms with Crippen molar-refractivity contribution in [2.75, 3.05) is 16.8 Å². The minimum Gasteiger partial charge on any atom is -0.451 e. The third-order valence-corrected chi connectivity index (χ3v) is 5.60. The molecule has 0 radical (unpaired) electrons. The molecule has 0 bridgehead atoms. The first-order valence-corrected chi connectivity index (χ1v) is 10.3. The maximum absolute atomic E-state index is 12.6. The van der Waals surface area contributed by atoms with Gasteiger partial charge >= 0.3 is 5.97 Å². The zero-order chi connectivity index (χ0) is 20.2. The number of ether oxygens (including phenoxy) is 1. The van der Waals surface area contributed by atoms with E-state index in [1.54, 1.807) is 10.3 Å². The SMILES string of the molecule is CC1Cc2ccccc2N1C(=O)COC(=O)c1csc(NCc2ccccc2)n1. The summed E-state index contributed by atoms with van der Waals surface area (Å²) in [5.74, 6) is -0.823. The molecule has 6 nitrogen and oxygen atoms in total. The quantitative estimate of drug-likeness (QED) is 0.628. The van der Waals surface area contributed by atoms with Gasteiger partial charge in [0.25, 0.3) is 5.91 Å². The van der Waals surface area contributed by atoms with Crippen LogP contribution in [0.5, 0.6) is 0 Å².